The molecular formula is C14H15ClN2O2S. The maximum atomic E-state index is 11.4. The Morgan fingerprint density at radius 3 is 2.20 bits per heavy atom. The third-order valence-corrected chi connectivity index (χ3v) is 4.50. The largest absolute Gasteiger partial charge is 0.271 e. The molecule has 0 bridgehead atoms. The van der Waals surface area contributed by atoms with Gasteiger partial charge in [-0.3, -0.25) is 5.84 Å². The van der Waals surface area contributed by atoms with Crippen LogP contribution in [0.3, 0.4) is 0 Å². The van der Waals surface area contributed by atoms with Crippen LogP contribution in [0.1, 0.15) is 17.2 Å². The average Bonchev–Trinajstić information content (AvgIpc) is 2.41. The van der Waals surface area contributed by atoms with Gasteiger partial charge in [0.1, 0.15) is 0 Å². The minimum Gasteiger partial charge on any atom is -0.271 e. The molecule has 0 amide bonds. The number of hydrogen-bond acceptors (Lipinski definition) is 4. The molecule has 2 aromatic carbocycles. The van der Waals surface area contributed by atoms with Crippen LogP contribution >= 0.6 is 11.6 Å². The fraction of sp³-hybridized carbons (Fsp3) is 0.143. The van der Waals surface area contributed by atoms with E-state index in [-0.39, 0.29) is 10.9 Å². The van der Waals surface area contributed by atoms with E-state index in [1.807, 2.05) is 18.2 Å². The molecule has 4 nitrogen and oxygen atoms in total. The predicted molar refractivity (Wildman–Crippen MR) is 80.2 cm³/mol. The van der Waals surface area contributed by atoms with Crippen LogP contribution in [0.5, 0.6) is 0 Å². The van der Waals surface area contributed by atoms with Crippen molar-refractivity contribution < 1.29 is 8.42 Å². The Labute approximate surface area is 123 Å². The van der Waals surface area contributed by atoms with Gasteiger partial charge in [0.05, 0.1) is 10.9 Å². The monoisotopic (exact) mass is 310 g/mol. The molecule has 1 atom stereocenters. The lowest BCUT2D eigenvalue weighted by Gasteiger charge is -2.18. The summed E-state index contributed by atoms with van der Waals surface area (Å²) in [6, 6.07) is 13.6. The first-order valence-electron chi connectivity index (χ1n) is 5.94. The highest BCUT2D eigenvalue weighted by molar-refractivity contribution is 7.90. The van der Waals surface area contributed by atoms with Gasteiger partial charge in [0.15, 0.2) is 9.84 Å². The van der Waals surface area contributed by atoms with Gasteiger partial charge in [-0.05, 0) is 29.3 Å². The third-order valence-electron chi connectivity index (χ3n) is 3.02. The van der Waals surface area contributed by atoms with Crippen LogP contribution in [0.2, 0.25) is 5.02 Å². The smallest absolute Gasteiger partial charge is 0.175 e. The van der Waals surface area contributed by atoms with E-state index >= 15 is 0 Å². The lowest BCUT2D eigenvalue weighted by Crippen LogP contribution is -2.29. The van der Waals surface area contributed by atoms with E-state index in [4.69, 9.17) is 17.4 Å². The summed E-state index contributed by atoms with van der Waals surface area (Å²) in [4.78, 5) is 0.274. The van der Waals surface area contributed by atoms with Gasteiger partial charge >= 0.3 is 0 Å². The van der Waals surface area contributed by atoms with Crippen molar-refractivity contribution in [3.05, 3.63) is 64.7 Å². The topological polar surface area (TPSA) is 72.2 Å². The minimum atomic E-state index is -3.20. The molecule has 0 fully saturated rings. The molecule has 2 aromatic rings. The van der Waals surface area contributed by atoms with Crippen molar-refractivity contribution in [2.45, 2.75) is 10.9 Å². The zero-order valence-electron chi connectivity index (χ0n) is 10.9. The van der Waals surface area contributed by atoms with Crippen molar-refractivity contribution in [3.8, 4) is 0 Å². The van der Waals surface area contributed by atoms with Crippen LogP contribution in [0.4, 0.5) is 0 Å². The fourth-order valence-electron chi connectivity index (χ4n) is 1.98. The Hall–Kier alpha value is -1.40. The van der Waals surface area contributed by atoms with Gasteiger partial charge < -0.3 is 0 Å². The van der Waals surface area contributed by atoms with Crippen molar-refractivity contribution in [2.75, 3.05) is 6.26 Å². The van der Waals surface area contributed by atoms with Gasteiger partial charge in [-0.1, -0.05) is 41.9 Å². The number of benzene rings is 2. The standard InChI is InChI=1S/C14H15ClN2O2S/c1-20(18,19)11-8-6-10(7-9-11)14(17-16)12-4-2-3-5-13(12)15/h2-9,14,17H,16H2,1H3. The number of halogens is 1. The molecule has 0 heterocycles. The van der Waals surface area contributed by atoms with E-state index in [1.54, 1.807) is 30.3 Å². The normalized spacial score (nSPS) is 13.2. The molecule has 0 aliphatic heterocycles. The average molecular weight is 311 g/mol. The highest BCUT2D eigenvalue weighted by atomic mass is 35.5. The predicted octanol–water partition coefficient (Wildman–Crippen LogP) is 2.30. The van der Waals surface area contributed by atoms with Gasteiger partial charge in [-0.2, -0.15) is 0 Å². The quantitative estimate of drug-likeness (QED) is 0.671. The summed E-state index contributed by atoms with van der Waals surface area (Å²) in [6.07, 6.45) is 1.18. The summed E-state index contributed by atoms with van der Waals surface area (Å²) in [6.45, 7) is 0. The first-order chi connectivity index (χ1) is 9.43. The molecule has 0 radical (unpaired) electrons. The third kappa shape index (κ3) is 3.19. The van der Waals surface area contributed by atoms with Gasteiger partial charge in [0.25, 0.3) is 0 Å². The molecule has 106 valence electrons. The number of nitrogens with one attached hydrogen (secondary N) is 1. The molecule has 0 saturated heterocycles. The number of rotatable bonds is 4. The summed E-state index contributed by atoms with van der Waals surface area (Å²) in [5, 5.41) is 0.600. The van der Waals surface area contributed by atoms with Crippen LogP contribution in [-0.4, -0.2) is 14.7 Å². The van der Waals surface area contributed by atoms with Crippen LogP contribution in [0.25, 0.3) is 0 Å². The summed E-state index contributed by atoms with van der Waals surface area (Å²) in [5.74, 6) is 5.60. The molecule has 0 spiro atoms. The number of hydrogen-bond donors (Lipinski definition) is 2. The molecule has 2 rings (SSSR count). The molecule has 1 unspecified atom stereocenters. The lowest BCUT2D eigenvalue weighted by atomic mass is 9.99. The molecule has 0 saturated carbocycles. The van der Waals surface area contributed by atoms with Crippen molar-refractivity contribution in [2.24, 2.45) is 5.84 Å². The van der Waals surface area contributed by atoms with Gasteiger partial charge in [-0.15, -0.1) is 0 Å². The lowest BCUT2D eigenvalue weighted by molar-refractivity contribution is 0.601. The van der Waals surface area contributed by atoms with Crippen LogP contribution in [0.15, 0.2) is 53.4 Å². The second kappa shape index (κ2) is 5.93. The Balaban J connectivity index is 2.41. The van der Waals surface area contributed by atoms with Crippen molar-refractivity contribution in [1.82, 2.24) is 5.43 Å². The highest BCUT2D eigenvalue weighted by Crippen LogP contribution is 2.28. The molecule has 3 N–H and O–H groups in total. The van der Waals surface area contributed by atoms with E-state index in [9.17, 15) is 8.42 Å². The van der Waals surface area contributed by atoms with E-state index in [2.05, 4.69) is 5.43 Å². The van der Waals surface area contributed by atoms with E-state index in [0.717, 1.165) is 11.1 Å². The van der Waals surface area contributed by atoms with E-state index in [0.29, 0.717) is 5.02 Å². The second-order valence-electron chi connectivity index (χ2n) is 4.46. The molecule has 20 heavy (non-hydrogen) atoms. The summed E-state index contributed by atoms with van der Waals surface area (Å²) < 4.78 is 22.9. The Morgan fingerprint density at radius 1 is 1.10 bits per heavy atom. The van der Waals surface area contributed by atoms with E-state index < -0.39 is 9.84 Å². The molecule has 0 aliphatic rings. The number of hydrazine groups is 1. The van der Waals surface area contributed by atoms with Crippen LogP contribution in [0, 0.1) is 0 Å². The Kier molecular flexibility index (Phi) is 4.45. The van der Waals surface area contributed by atoms with Gasteiger partial charge in [0, 0.05) is 11.3 Å². The summed E-state index contributed by atoms with van der Waals surface area (Å²) >= 11 is 6.16. The Bertz CT molecular complexity index is 699. The van der Waals surface area contributed by atoms with Crippen LogP contribution < -0.4 is 11.3 Å². The van der Waals surface area contributed by atoms with Gasteiger partial charge in [-0.25, -0.2) is 13.8 Å². The number of sulfone groups is 1. The zero-order chi connectivity index (χ0) is 14.8. The Morgan fingerprint density at radius 2 is 1.70 bits per heavy atom. The van der Waals surface area contributed by atoms with Crippen LogP contribution in [-0.2, 0) is 9.84 Å². The summed E-state index contributed by atoms with van der Waals surface area (Å²) in [7, 11) is -3.20. The van der Waals surface area contributed by atoms with Crippen molar-refractivity contribution in [3.63, 3.8) is 0 Å². The number of nitrogens with two attached hydrogens (primary N) is 1. The maximum Gasteiger partial charge on any atom is 0.175 e. The van der Waals surface area contributed by atoms with E-state index in [1.165, 1.54) is 6.26 Å². The zero-order valence-corrected chi connectivity index (χ0v) is 12.4. The fourth-order valence-corrected chi connectivity index (χ4v) is 2.86. The SMILES string of the molecule is CS(=O)(=O)c1ccc(C(NN)c2ccccc2Cl)cc1. The minimum absolute atomic E-state index is 0.274. The summed E-state index contributed by atoms with van der Waals surface area (Å²) in [5.41, 5.74) is 4.38. The first-order valence-corrected chi connectivity index (χ1v) is 8.21. The van der Waals surface area contributed by atoms with Gasteiger partial charge in [0.2, 0.25) is 0 Å². The first kappa shape index (κ1) is 15.0. The molecule has 6 heteroatoms. The van der Waals surface area contributed by atoms with Crippen molar-refractivity contribution in [1.29, 1.82) is 0 Å². The highest BCUT2D eigenvalue weighted by Gasteiger charge is 2.16. The molecular weight excluding hydrogens is 296 g/mol. The maximum absolute atomic E-state index is 11.4. The molecule has 0 aliphatic carbocycles. The second-order valence-corrected chi connectivity index (χ2v) is 6.89. The molecule has 0 aromatic heterocycles. The van der Waals surface area contributed by atoms with Crippen molar-refractivity contribution >= 4 is 21.4 Å².